The molecule has 0 atom stereocenters. The zero-order chi connectivity index (χ0) is 20.3. The number of hydrogen-bond acceptors (Lipinski definition) is 6. The van der Waals surface area contributed by atoms with Gasteiger partial charge in [-0.25, -0.2) is 4.79 Å². The highest BCUT2D eigenvalue weighted by Gasteiger charge is 2.39. The van der Waals surface area contributed by atoms with E-state index in [0.717, 1.165) is 25.7 Å². The van der Waals surface area contributed by atoms with Crippen LogP contribution in [0.25, 0.3) is 0 Å². The van der Waals surface area contributed by atoms with Crippen LogP contribution in [0.5, 0.6) is 5.75 Å². The quantitative estimate of drug-likeness (QED) is 0.568. The first-order valence-electron chi connectivity index (χ1n) is 9.15. The fourth-order valence-electron chi connectivity index (χ4n) is 4.07. The number of amides is 1. The number of nitro groups is 1. The summed E-state index contributed by atoms with van der Waals surface area (Å²) >= 11 is 0. The number of alkyl halides is 2. The van der Waals surface area contributed by atoms with Crippen molar-refractivity contribution < 1.29 is 28.0 Å². The third-order valence-corrected chi connectivity index (χ3v) is 5.80. The van der Waals surface area contributed by atoms with Crippen LogP contribution in [-0.2, 0) is 4.74 Å². The molecule has 1 aromatic carbocycles. The lowest BCUT2D eigenvalue weighted by atomic mass is 9.71. The van der Waals surface area contributed by atoms with E-state index in [1.54, 1.807) is 11.0 Å². The third-order valence-electron chi connectivity index (χ3n) is 5.80. The molecule has 3 rings (SSSR count). The highest BCUT2D eigenvalue weighted by atomic mass is 19.3. The van der Waals surface area contributed by atoms with Gasteiger partial charge in [0.05, 0.1) is 12.0 Å². The monoisotopic (exact) mass is 399 g/mol. The van der Waals surface area contributed by atoms with Gasteiger partial charge in [0.2, 0.25) is 5.75 Å². The van der Waals surface area contributed by atoms with E-state index in [-0.39, 0.29) is 11.5 Å². The molecule has 1 amide bonds. The average Bonchev–Trinajstić information content (AvgIpc) is 2.68. The van der Waals surface area contributed by atoms with Crippen molar-refractivity contribution in [2.24, 2.45) is 5.41 Å². The van der Waals surface area contributed by atoms with E-state index in [4.69, 9.17) is 4.74 Å². The van der Waals surface area contributed by atoms with E-state index in [1.165, 1.54) is 19.2 Å². The Kier molecular flexibility index (Phi) is 5.85. The topological polar surface area (TPSA) is 85.2 Å². The normalized spacial score (nSPS) is 19.0. The van der Waals surface area contributed by atoms with Crippen molar-refractivity contribution in [1.29, 1.82) is 0 Å². The predicted octanol–water partition coefficient (Wildman–Crippen LogP) is 3.65. The lowest BCUT2D eigenvalue weighted by molar-refractivity contribution is -0.386. The number of methoxy groups -OCH3 is 1. The number of benzene rings is 1. The molecule has 1 aromatic rings. The van der Waals surface area contributed by atoms with E-state index in [0.29, 0.717) is 31.9 Å². The molecule has 1 spiro atoms. The fraction of sp³-hybridized carbons (Fsp3) is 0.611. The summed E-state index contributed by atoms with van der Waals surface area (Å²) in [6.07, 6.45) is 3.31. The lowest BCUT2D eigenvalue weighted by Gasteiger charge is -2.47. The second-order valence-electron chi connectivity index (χ2n) is 7.23. The summed E-state index contributed by atoms with van der Waals surface area (Å²) in [6, 6.07) is 4.07. The standard InChI is InChI=1S/C18H23F2N3O5/c1-27-17(24)22-10-6-18(7-11-22)4-8-21(9-5-18)13-2-3-14(23(25)26)15(12-13)28-16(19)20/h2-3,12,16H,4-11H2,1H3. The Morgan fingerprint density at radius 1 is 1.18 bits per heavy atom. The van der Waals surface area contributed by atoms with Gasteiger partial charge in [-0.15, -0.1) is 0 Å². The average molecular weight is 399 g/mol. The zero-order valence-corrected chi connectivity index (χ0v) is 15.6. The molecule has 154 valence electrons. The summed E-state index contributed by atoms with van der Waals surface area (Å²) in [5, 5.41) is 11.0. The van der Waals surface area contributed by atoms with Gasteiger partial charge in [0, 0.05) is 44.0 Å². The molecule has 0 saturated carbocycles. The van der Waals surface area contributed by atoms with Gasteiger partial charge in [0.1, 0.15) is 0 Å². The Morgan fingerprint density at radius 3 is 2.32 bits per heavy atom. The highest BCUT2D eigenvalue weighted by molar-refractivity contribution is 5.67. The van der Waals surface area contributed by atoms with Gasteiger partial charge in [-0.05, 0) is 37.2 Å². The molecule has 0 unspecified atom stereocenters. The number of rotatable bonds is 4. The summed E-state index contributed by atoms with van der Waals surface area (Å²) in [5.74, 6) is -0.427. The van der Waals surface area contributed by atoms with Gasteiger partial charge in [-0.3, -0.25) is 10.1 Å². The number of nitro benzene ring substituents is 1. The van der Waals surface area contributed by atoms with Crippen molar-refractivity contribution in [3.63, 3.8) is 0 Å². The number of carbonyl (C=O) groups is 1. The van der Waals surface area contributed by atoms with Crippen molar-refractivity contribution in [2.45, 2.75) is 32.3 Å². The Bertz CT molecular complexity index is 728. The number of ether oxygens (including phenoxy) is 2. The maximum absolute atomic E-state index is 12.6. The molecule has 2 fully saturated rings. The second-order valence-corrected chi connectivity index (χ2v) is 7.23. The Balaban J connectivity index is 1.65. The van der Waals surface area contributed by atoms with Gasteiger partial charge in [-0.2, -0.15) is 8.78 Å². The van der Waals surface area contributed by atoms with E-state index < -0.39 is 23.0 Å². The summed E-state index contributed by atoms with van der Waals surface area (Å²) in [4.78, 5) is 25.7. The molecule has 2 aliphatic rings. The molecular formula is C18H23F2N3O5. The number of anilines is 1. The van der Waals surface area contributed by atoms with Crippen molar-refractivity contribution >= 4 is 17.5 Å². The van der Waals surface area contributed by atoms with Crippen LogP contribution in [0.1, 0.15) is 25.7 Å². The minimum absolute atomic E-state index is 0.157. The zero-order valence-electron chi connectivity index (χ0n) is 15.6. The molecule has 0 bridgehead atoms. The van der Waals surface area contributed by atoms with Gasteiger partial charge < -0.3 is 19.3 Å². The summed E-state index contributed by atoms with van der Waals surface area (Å²) < 4.78 is 34.3. The largest absolute Gasteiger partial charge is 0.453 e. The molecule has 2 heterocycles. The molecule has 2 saturated heterocycles. The van der Waals surface area contributed by atoms with Gasteiger partial charge in [0.15, 0.2) is 0 Å². The van der Waals surface area contributed by atoms with Crippen LogP contribution < -0.4 is 9.64 Å². The van der Waals surface area contributed by atoms with Gasteiger partial charge in [-0.1, -0.05) is 0 Å². The van der Waals surface area contributed by atoms with Crippen molar-refractivity contribution in [2.75, 3.05) is 38.2 Å². The lowest BCUT2D eigenvalue weighted by Crippen LogP contribution is -2.48. The van der Waals surface area contributed by atoms with E-state index in [2.05, 4.69) is 4.74 Å². The number of nitrogens with zero attached hydrogens (tertiary/aromatic N) is 3. The first kappa shape index (κ1) is 20.1. The molecule has 0 radical (unpaired) electrons. The second kappa shape index (κ2) is 8.15. The Morgan fingerprint density at radius 2 is 1.79 bits per heavy atom. The summed E-state index contributed by atoms with van der Waals surface area (Å²) in [7, 11) is 1.38. The molecule has 0 aromatic heterocycles. The molecule has 2 aliphatic heterocycles. The number of likely N-dealkylation sites (tertiary alicyclic amines) is 1. The molecule has 10 heteroatoms. The van der Waals surface area contributed by atoms with Crippen molar-refractivity contribution in [3.8, 4) is 5.75 Å². The Hall–Kier alpha value is -2.65. The van der Waals surface area contributed by atoms with Gasteiger partial charge in [0.25, 0.3) is 0 Å². The number of halogens is 2. The van der Waals surface area contributed by atoms with Crippen LogP contribution in [0.15, 0.2) is 18.2 Å². The summed E-state index contributed by atoms with van der Waals surface area (Å²) in [6.45, 7) is -0.375. The maximum atomic E-state index is 12.6. The highest BCUT2D eigenvalue weighted by Crippen LogP contribution is 2.43. The predicted molar refractivity (Wildman–Crippen MR) is 96.8 cm³/mol. The minimum atomic E-state index is -3.13. The van der Waals surface area contributed by atoms with Gasteiger partial charge >= 0.3 is 18.4 Å². The fourth-order valence-corrected chi connectivity index (χ4v) is 4.07. The van der Waals surface area contributed by atoms with Crippen LogP contribution in [0.4, 0.5) is 25.0 Å². The van der Waals surface area contributed by atoms with Crippen molar-refractivity contribution in [1.82, 2.24) is 4.90 Å². The van der Waals surface area contributed by atoms with E-state index in [9.17, 15) is 23.7 Å². The third kappa shape index (κ3) is 4.26. The smallest absolute Gasteiger partial charge is 0.409 e. The van der Waals surface area contributed by atoms with Crippen molar-refractivity contribution in [3.05, 3.63) is 28.3 Å². The van der Waals surface area contributed by atoms with E-state index >= 15 is 0 Å². The van der Waals surface area contributed by atoms with Crippen LogP contribution in [0.3, 0.4) is 0 Å². The van der Waals surface area contributed by atoms with Crippen LogP contribution >= 0.6 is 0 Å². The Labute approximate surface area is 161 Å². The SMILES string of the molecule is COC(=O)N1CCC2(CC1)CCN(c1ccc([N+](=O)[O-])c(OC(F)F)c1)CC2. The number of hydrogen-bond donors (Lipinski definition) is 0. The van der Waals surface area contributed by atoms with Crippen LogP contribution in [-0.4, -0.2) is 55.8 Å². The first-order valence-corrected chi connectivity index (χ1v) is 9.15. The van der Waals surface area contributed by atoms with Crippen LogP contribution in [0, 0.1) is 15.5 Å². The number of carbonyl (C=O) groups excluding carboxylic acids is 1. The molecular weight excluding hydrogens is 376 g/mol. The molecule has 8 nitrogen and oxygen atoms in total. The minimum Gasteiger partial charge on any atom is -0.453 e. The summed E-state index contributed by atoms with van der Waals surface area (Å²) in [5.41, 5.74) is 0.306. The molecule has 28 heavy (non-hydrogen) atoms. The maximum Gasteiger partial charge on any atom is 0.409 e. The molecule has 0 aliphatic carbocycles. The van der Waals surface area contributed by atoms with E-state index in [1.807, 2.05) is 4.90 Å². The number of piperidine rings is 2. The first-order chi connectivity index (χ1) is 13.3. The molecule has 0 N–H and O–H groups in total. The van der Waals surface area contributed by atoms with Crippen LogP contribution in [0.2, 0.25) is 0 Å².